The first-order chi connectivity index (χ1) is 10.5. The lowest BCUT2D eigenvalue weighted by atomic mass is 9.60. The number of hydrogen-bond acceptors (Lipinski definition) is 1. The number of fused-ring (bicyclic) bond motifs is 9. The molecule has 8 atom stereocenters. The maximum atomic E-state index is 13.1. The Morgan fingerprint density at radius 1 is 1.23 bits per heavy atom. The molecule has 0 aromatic carbocycles. The lowest BCUT2D eigenvalue weighted by molar-refractivity contribution is -0.134. The van der Waals surface area contributed by atoms with Crippen molar-refractivity contribution in [2.45, 2.75) is 65.7 Å². The van der Waals surface area contributed by atoms with E-state index in [2.05, 4.69) is 32.9 Å². The van der Waals surface area contributed by atoms with E-state index in [1.807, 2.05) is 0 Å². The van der Waals surface area contributed by atoms with Crippen LogP contribution in [0, 0.1) is 46.8 Å². The molecule has 0 aliphatic heterocycles. The zero-order chi connectivity index (χ0) is 15.5. The van der Waals surface area contributed by atoms with Crippen LogP contribution in [0.2, 0.25) is 0 Å². The highest BCUT2D eigenvalue weighted by Gasteiger charge is 2.66. The molecule has 0 radical (unpaired) electrons. The molecule has 0 heterocycles. The predicted octanol–water partition coefficient (Wildman–Crippen LogP) is 5.26. The van der Waals surface area contributed by atoms with E-state index in [0.717, 1.165) is 36.0 Å². The molecule has 3 fully saturated rings. The van der Waals surface area contributed by atoms with Crippen LogP contribution in [-0.4, -0.2) is 5.78 Å². The largest absolute Gasteiger partial charge is 0.299 e. The summed E-state index contributed by atoms with van der Waals surface area (Å²) in [6.45, 7) is 6.86. The van der Waals surface area contributed by atoms with Gasteiger partial charge in [0.05, 0.1) is 0 Å². The summed E-state index contributed by atoms with van der Waals surface area (Å²) < 4.78 is 0. The molecular weight excluding hydrogens is 268 g/mol. The molecule has 3 saturated carbocycles. The fourth-order valence-electron chi connectivity index (χ4n) is 6.89. The minimum atomic E-state index is 0.0185. The monoisotopic (exact) mass is 300 g/mol. The number of ketones is 1. The van der Waals surface area contributed by atoms with Crippen LogP contribution in [0.3, 0.4) is 0 Å². The minimum Gasteiger partial charge on any atom is -0.299 e. The number of rotatable bonds is 6. The first-order valence-corrected chi connectivity index (χ1v) is 9.76. The predicted molar refractivity (Wildman–Crippen MR) is 90.4 cm³/mol. The number of allylic oxidation sites excluding steroid dienone is 2. The zero-order valence-corrected chi connectivity index (χ0v) is 14.6. The van der Waals surface area contributed by atoms with Gasteiger partial charge >= 0.3 is 0 Å². The van der Waals surface area contributed by atoms with Crippen LogP contribution in [0.15, 0.2) is 12.2 Å². The maximum absolute atomic E-state index is 13.1. The summed E-state index contributed by atoms with van der Waals surface area (Å²) in [5.74, 6) is 6.23. The van der Waals surface area contributed by atoms with Crippen molar-refractivity contribution in [1.29, 1.82) is 0 Å². The van der Waals surface area contributed by atoms with E-state index in [1.165, 1.54) is 38.5 Å². The van der Waals surface area contributed by atoms with Gasteiger partial charge in [-0.2, -0.15) is 0 Å². The summed E-state index contributed by atoms with van der Waals surface area (Å²) in [5, 5.41) is 0. The summed E-state index contributed by atoms with van der Waals surface area (Å²) in [7, 11) is 0. The van der Waals surface area contributed by atoms with Gasteiger partial charge in [-0.1, -0.05) is 52.2 Å². The fourth-order valence-corrected chi connectivity index (χ4v) is 6.89. The third-order valence-electron chi connectivity index (χ3n) is 7.87. The van der Waals surface area contributed by atoms with Gasteiger partial charge in [0, 0.05) is 11.8 Å². The lowest BCUT2D eigenvalue weighted by Crippen LogP contribution is -2.42. The van der Waals surface area contributed by atoms with E-state index >= 15 is 0 Å². The van der Waals surface area contributed by atoms with Gasteiger partial charge in [-0.15, -0.1) is 0 Å². The standard InChI is InChI=1S/C21H32O/c1-4-5-6-13(2)9-18(22)21(3)12-16-11-17(21)20-15-8-7-14(10-15)19(16)20/h7-8,13-17,19-20H,4-6,9-12H2,1-3H3. The van der Waals surface area contributed by atoms with E-state index in [0.29, 0.717) is 17.6 Å². The highest BCUT2D eigenvalue weighted by atomic mass is 16.1. The summed E-state index contributed by atoms with van der Waals surface area (Å²) in [6, 6.07) is 0. The van der Waals surface area contributed by atoms with Gasteiger partial charge in [-0.25, -0.2) is 0 Å². The summed E-state index contributed by atoms with van der Waals surface area (Å²) in [4.78, 5) is 13.1. The lowest BCUT2D eigenvalue weighted by Gasteiger charge is -2.43. The van der Waals surface area contributed by atoms with E-state index in [1.54, 1.807) is 0 Å². The molecule has 0 amide bonds. The van der Waals surface area contributed by atoms with Gasteiger partial charge in [0.15, 0.2) is 0 Å². The van der Waals surface area contributed by atoms with Crippen molar-refractivity contribution in [2.24, 2.45) is 46.8 Å². The van der Waals surface area contributed by atoms with Crippen molar-refractivity contribution in [3.63, 3.8) is 0 Å². The van der Waals surface area contributed by atoms with E-state index in [9.17, 15) is 4.79 Å². The van der Waals surface area contributed by atoms with Gasteiger partial charge < -0.3 is 0 Å². The van der Waals surface area contributed by atoms with Crippen molar-refractivity contribution in [3.8, 4) is 0 Å². The Balaban J connectivity index is 1.47. The second-order valence-electron chi connectivity index (χ2n) is 9.20. The Bertz CT molecular complexity index is 492. The quantitative estimate of drug-likeness (QED) is 0.483. The number of carbonyl (C=O) groups excluding carboxylic acids is 1. The average Bonchev–Trinajstić information content (AvgIpc) is 3.22. The van der Waals surface area contributed by atoms with Crippen molar-refractivity contribution in [1.82, 2.24) is 0 Å². The van der Waals surface area contributed by atoms with Crippen molar-refractivity contribution < 1.29 is 4.79 Å². The Morgan fingerprint density at radius 3 is 2.68 bits per heavy atom. The molecule has 0 saturated heterocycles. The fraction of sp³-hybridized carbons (Fsp3) is 0.857. The minimum absolute atomic E-state index is 0.0185. The molecule has 0 aromatic heterocycles. The average molecular weight is 300 g/mol. The number of carbonyl (C=O) groups is 1. The second kappa shape index (κ2) is 5.21. The maximum Gasteiger partial charge on any atom is 0.139 e. The molecule has 4 aliphatic carbocycles. The van der Waals surface area contributed by atoms with Crippen LogP contribution in [0.5, 0.6) is 0 Å². The van der Waals surface area contributed by atoms with Crippen LogP contribution in [0.4, 0.5) is 0 Å². The Kier molecular flexibility index (Phi) is 3.55. The molecule has 4 bridgehead atoms. The Labute approximate surface area is 135 Å². The van der Waals surface area contributed by atoms with E-state index < -0.39 is 0 Å². The van der Waals surface area contributed by atoms with Crippen LogP contribution in [0.1, 0.15) is 65.7 Å². The van der Waals surface area contributed by atoms with Crippen LogP contribution >= 0.6 is 0 Å². The van der Waals surface area contributed by atoms with Gasteiger partial charge in [0.25, 0.3) is 0 Å². The van der Waals surface area contributed by atoms with Gasteiger partial charge in [0.2, 0.25) is 0 Å². The SMILES string of the molecule is CCCCC(C)CC(=O)C1(C)CC2CC1C1C3C=CC(C3)C21. The van der Waals surface area contributed by atoms with Crippen LogP contribution in [-0.2, 0) is 4.79 Å². The normalized spacial score (nSPS) is 48.9. The molecule has 22 heavy (non-hydrogen) atoms. The van der Waals surface area contributed by atoms with Crippen molar-refractivity contribution in [3.05, 3.63) is 12.2 Å². The molecule has 8 unspecified atom stereocenters. The molecule has 0 spiro atoms. The summed E-state index contributed by atoms with van der Waals surface area (Å²) >= 11 is 0. The summed E-state index contributed by atoms with van der Waals surface area (Å²) in [6.07, 6.45) is 13.5. The van der Waals surface area contributed by atoms with E-state index in [-0.39, 0.29) is 5.41 Å². The third kappa shape index (κ3) is 2.00. The van der Waals surface area contributed by atoms with Crippen LogP contribution < -0.4 is 0 Å². The smallest absolute Gasteiger partial charge is 0.139 e. The number of hydrogen-bond donors (Lipinski definition) is 0. The van der Waals surface area contributed by atoms with Gasteiger partial charge in [-0.05, 0) is 60.7 Å². The first-order valence-electron chi connectivity index (χ1n) is 9.76. The topological polar surface area (TPSA) is 17.1 Å². The number of unbranched alkanes of at least 4 members (excludes halogenated alkanes) is 1. The van der Waals surface area contributed by atoms with Gasteiger partial charge in [-0.3, -0.25) is 4.79 Å². The molecule has 1 heteroatoms. The molecule has 122 valence electrons. The highest BCUT2D eigenvalue weighted by Crippen LogP contribution is 2.70. The van der Waals surface area contributed by atoms with Crippen molar-refractivity contribution >= 4 is 5.78 Å². The zero-order valence-electron chi connectivity index (χ0n) is 14.6. The van der Waals surface area contributed by atoms with E-state index in [4.69, 9.17) is 0 Å². The summed E-state index contributed by atoms with van der Waals surface area (Å²) in [5.41, 5.74) is 0.0185. The molecule has 4 rings (SSSR count). The second-order valence-corrected chi connectivity index (χ2v) is 9.20. The van der Waals surface area contributed by atoms with Crippen LogP contribution in [0.25, 0.3) is 0 Å². The highest BCUT2D eigenvalue weighted by molar-refractivity contribution is 5.85. The molecular formula is C21H32O. The third-order valence-corrected chi connectivity index (χ3v) is 7.87. The first kappa shape index (κ1) is 15.0. The Morgan fingerprint density at radius 2 is 1.95 bits per heavy atom. The number of Topliss-reactive ketones (excluding diaryl/α,β-unsaturated/α-hetero) is 1. The molecule has 4 aliphatic rings. The molecule has 0 aromatic rings. The Hall–Kier alpha value is -0.590. The molecule has 1 nitrogen and oxygen atoms in total. The van der Waals surface area contributed by atoms with Crippen molar-refractivity contribution in [2.75, 3.05) is 0 Å². The molecule has 0 N–H and O–H groups in total. The van der Waals surface area contributed by atoms with Gasteiger partial charge in [0.1, 0.15) is 5.78 Å².